The molecule has 3 nitrogen and oxygen atoms in total. The average Bonchev–Trinajstić information content (AvgIpc) is 1.97. The molecule has 3 heteroatoms. The molecule has 12 heavy (non-hydrogen) atoms. The summed E-state index contributed by atoms with van der Waals surface area (Å²) >= 11 is 0. The molecule has 0 amide bonds. The van der Waals surface area contributed by atoms with Crippen molar-refractivity contribution >= 4 is 0 Å². The van der Waals surface area contributed by atoms with Gasteiger partial charge >= 0.3 is 0 Å². The SMILES string of the molecule is Cc1cncc(CN2CCC2)n1. The summed E-state index contributed by atoms with van der Waals surface area (Å²) in [5, 5.41) is 0. The van der Waals surface area contributed by atoms with Gasteiger partial charge in [0, 0.05) is 18.9 Å². The smallest absolute Gasteiger partial charge is 0.0730 e. The molecule has 1 aliphatic heterocycles. The van der Waals surface area contributed by atoms with Gasteiger partial charge in [0.25, 0.3) is 0 Å². The van der Waals surface area contributed by atoms with Crippen molar-refractivity contribution in [3.63, 3.8) is 0 Å². The van der Waals surface area contributed by atoms with E-state index in [0.717, 1.165) is 17.9 Å². The van der Waals surface area contributed by atoms with Crippen LogP contribution < -0.4 is 0 Å². The fourth-order valence-electron chi connectivity index (χ4n) is 1.36. The molecule has 0 bridgehead atoms. The molecule has 0 N–H and O–H groups in total. The van der Waals surface area contributed by atoms with E-state index in [9.17, 15) is 0 Å². The number of rotatable bonds is 2. The molecular weight excluding hydrogens is 150 g/mol. The van der Waals surface area contributed by atoms with Gasteiger partial charge in [-0.25, -0.2) is 0 Å². The standard InChI is InChI=1S/C9H13N3/c1-8-5-10-6-9(11-8)7-12-3-2-4-12/h5-6H,2-4,7H2,1H3. The van der Waals surface area contributed by atoms with E-state index in [4.69, 9.17) is 0 Å². The Morgan fingerprint density at radius 1 is 1.42 bits per heavy atom. The Labute approximate surface area is 72.4 Å². The molecule has 1 aromatic rings. The van der Waals surface area contributed by atoms with Crippen LogP contribution in [0.15, 0.2) is 12.4 Å². The third kappa shape index (κ3) is 1.61. The van der Waals surface area contributed by atoms with Crippen LogP contribution in [0.3, 0.4) is 0 Å². The van der Waals surface area contributed by atoms with Crippen LogP contribution in [0.25, 0.3) is 0 Å². The lowest BCUT2D eigenvalue weighted by Gasteiger charge is -2.30. The molecule has 0 saturated carbocycles. The van der Waals surface area contributed by atoms with Gasteiger partial charge in [-0.1, -0.05) is 0 Å². The van der Waals surface area contributed by atoms with E-state index in [1.807, 2.05) is 13.1 Å². The molecule has 0 atom stereocenters. The zero-order valence-electron chi connectivity index (χ0n) is 7.32. The maximum absolute atomic E-state index is 4.39. The van der Waals surface area contributed by atoms with Crippen LogP contribution in [-0.2, 0) is 6.54 Å². The first-order valence-electron chi connectivity index (χ1n) is 4.34. The topological polar surface area (TPSA) is 29.0 Å². The molecule has 2 rings (SSSR count). The zero-order chi connectivity index (χ0) is 8.39. The Kier molecular flexibility index (Phi) is 2.04. The van der Waals surface area contributed by atoms with E-state index in [2.05, 4.69) is 14.9 Å². The van der Waals surface area contributed by atoms with Gasteiger partial charge in [0.2, 0.25) is 0 Å². The number of hydrogen-bond acceptors (Lipinski definition) is 3. The van der Waals surface area contributed by atoms with Crippen molar-refractivity contribution in [3.05, 3.63) is 23.8 Å². The monoisotopic (exact) mass is 163 g/mol. The van der Waals surface area contributed by atoms with Gasteiger partial charge < -0.3 is 0 Å². The van der Waals surface area contributed by atoms with Crippen LogP contribution in [-0.4, -0.2) is 28.0 Å². The molecule has 0 radical (unpaired) electrons. The number of likely N-dealkylation sites (tertiary alicyclic amines) is 1. The molecule has 1 saturated heterocycles. The zero-order valence-corrected chi connectivity index (χ0v) is 7.32. The van der Waals surface area contributed by atoms with Gasteiger partial charge in [-0.3, -0.25) is 14.9 Å². The normalized spacial score (nSPS) is 17.4. The van der Waals surface area contributed by atoms with Crippen LogP contribution in [0.1, 0.15) is 17.8 Å². The van der Waals surface area contributed by atoms with Gasteiger partial charge in [-0.05, 0) is 26.4 Å². The van der Waals surface area contributed by atoms with E-state index >= 15 is 0 Å². The van der Waals surface area contributed by atoms with Crippen molar-refractivity contribution in [2.45, 2.75) is 19.9 Å². The highest BCUT2D eigenvalue weighted by Gasteiger charge is 2.14. The minimum absolute atomic E-state index is 0.967. The van der Waals surface area contributed by atoms with Crippen LogP contribution in [0.4, 0.5) is 0 Å². The second kappa shape index (κ2) is 3.19. The Morgan fingerprint density at radius 2 is 2.25 bits per heavy atom. The predicted molar refractivity (Wildman–Crippen MR) is 46.7 cm³/mol. The van der Waals surface area contributed by atoms with E-state index < -0.39 is 0 Å². The van der Waals surface area contributed by atoms with Crippen molar-refractivity contribution in [1.29, 1.82) is 0 Å². The predicted octanol–water partition coefficient (Wildman–Crippen LogP) is 0.991. The Balaban J connectivity index is 2.02. The number of hydrogen-bond donors (Lipinski definition) is 0. The van der Waals surface area contributed by atoms with E-state index in [1.165, 1.54) is 19.5 Å². The number of aryl methyl sites for hydroxylation is 1. The largest absolute Gasteiger partial charge is 0.297 e. The second-order valence-electron chi connectivity index (χ2n) is 3.28. The van der Waals surface area contributed by atoms with Gasteiger partial charge in [0.1, 0.15) is 0 Å². The van der Waals surface area contributed by atoms with Gasteiger partial charge in [0.15, 0.2) is 0 Å². The Bertz CT molecular complexity index is 268. The summed E-state index contributed by atoms with van der Waals surface area (Å²) < 4.78 is 0. The molecule has 0 spiro atoms. The van der Waals surface area contributed by atoms with Crippen molar-refractivity contribution in [2.24, 2.45) is 0 Å². The molecule has 0 aromatic carbocycles. The highest BCUT2D eigenvalue weighted by atomic mass is 15.2. The minimum atomic E-state index is 0.967. The lowest BCUT2D eigenvalue weighted by Crippen LogP contribution is -2.36. The fourth-order valence-corrected chi connectivity index (χ4v) is 1.36. The Morgan fingerprint density at radius 3 is 2.83 bits per heavy atom. The van der Waals surface area contributed by atoms with Crippen molar-refractivity contribution in [2.75, 3.05) is 13.1 Å². The van der Waals surface area contributed by atoms with Gasteiger partial charge in [-0.15, -0.1) is 0 Å². The highest BCUT2D eigenvalue weighted by molar-refractivity contribution is 5.01. The maximum Gasteiger partial charge on any atom is 0.0730 e. The fraction of sp³-hybridized carbons (Fsp3) is 0.556. The van der Waals surface area contributed by atoms with Crippen LogP contribution in [0, 0.1) is 6.92 Å². The maximum atomic E-state index is 4.39. The summed E-state index contributed by atoms with van der Waals surface area (Å²) in [4.78, 5) is 10.9. The van der Waals surface area contributed by atoms with Crippen molar-refractivity contribution < 1.29 is 0 Å². The van der Waals surface area contributed by atoms with E-state index in [1.54, 1.807) is 6.20 Å². The summed E-state index contributed by atoms with van der Waals surface area (Å²) in [6.45, 7) is 5.38. The molecule has 0 unspecified atom stereocenters. The number of aromatic nitrogens is 2. The lowest BCUT2D eigenvalue weighted by molar-refractivity contribution is 0.170. The molecule has 1 aliphatic rings. The second-order valence-corrected chi connectivity index (χ2v) is 3.28. The quantitative estimate of drug-likeness (QED) is 0.651. The molecule has 1 aromatic heterocycles. The first-order valence-corrected chi connectivity index (χ1v) is 4.34. The first-order chi connectivity index (χ1) is 5.84. The average molecular weight is 163 g/mol. The van der Waals surface area contributed by atoms with E-state index in [0.29, 0.717) is 0 Å². The summed E-state index contributed by atoms with van der Waals surface area (Å²) in [5.74, 6) is 0. The van der Waals surface area contributed by atoms with Gasteiger partial charge in [0.05, 0.1) is 11.4 Å². The Hall–Kier alpha value is -0.960. The summed E-state index contributed by atoms with van der Waals surface area (Å²) in [7, 11) is 0. The summed E-state index contributed by atoms with van der Waals surface area (Å²) in [5.41, 5.74) is 2.10. The molecule has 64 valence electrons. The number of nitrogens with zero attached hydrogens (tertiary/aromatic N) is 3. The molecular formula is C9H13N3. The van der Waals surface area contributed by atoms with Crippen molar-refractivity contribution in [1.82, 2.24) is 14.9 Å². The third-order valence-electron chi connectivity index (χ3n) is 2.14. The minimum Gasteiger partial charge on any atom is -0.297 e. The summed E-state index contributed by atoms with van der Waals surface area (Å²) in [6, 6.07) is 0. The third-order valence-corrected chi connectivity index (χ3v) is 2.14. The highest BCUT2D eigenvalue weighted by Crippen LogP contribution is 2.09. The molecule has 1 fully saturated rings. The molecule has 0 aliphatic carbocycles. The van der Waals surface area contributed by atoms with Crippen LogP contribution in [0.2, 0.25) is 0 Å². The van der Waals surface area contributed by atoms with Crippen molar-refractivity contribution in [3.8, 4) is 0 Å². The van der Waals surface area contributed by atoms with Crippen LogP contribution >= 0.6 is 0 Å². The van der Waals surface area contributed by atoms with Crippen LogP contribution in [0.5, 0.6) is 0 Å². The first kappa shape index (κ1) is 7.68. The van der Waals surface area contributed by atoms with E-state index in [-0.39, 0.29) is 0 Å². The molecule has 2 heterocycles. The van der Waals surface area contributed by atoms with Gasteiger partial charge in [-0.2, -0.15) is 0 Å². The summed E-state index contributed by atoms with van der Waals surface area (Å²) in [6.07, 6.45) is 4.98. The lowest BCUT2D eigenvalue weighted by atomic mass is 10.2.